The summed E-state index contributed by atoms with van der Waals surface area (Å²) in [6, 6.07) is 16.6. The number of carbonyl (C=O) groups excluding carboxylic acids is 3. The Hall–Kier alpha value is -4.45. The van der Waals surface area contributed by atoms with Crippen molar-refractivity contribution in [1.82, 2.24) is 5.32 Å². The van der Waals surface area contributed by atoms with Gasteiger partial charge >= 0.3 is 6.09 Å². The minimum atomic E-state index is -1.59. The van der Waals surface area contributed by atoms with E-state index in [1.807, 2.05) is 43.3 Å². The number of anilines is 1. The Kier molecular flexibility index (Phi) is 7.33. The lowest BCUT2D eigenvalue weighted by molar-refractivity contribution is -0.124. The van der Waals surface area contributed by atoms with Crippen molar-refractivity contribution in [2.75, 3.05) is 5.73 Å². The Morgan fingerprint density at radius 3 is 2.44 bits per heavy atom. The molecule has 2 unspecified atom stereocenters. The number of aryl methyl sites for hydroxylation is 1. The van der Waals surface area contributed by atoms with E-state index in [0.717, 1.165) is 18.4 Å². The zero-order valence-corrected chi connectivity index (χ0v) is 24.4. The molecule has 2 aliphatic carbocycles. The molecule has 10 nitrogen and oxygen atoms in total. The summed E-state index contributed by atoms with van der Waals surface area (Å²) in [6.07, 6.45) is 1.51. The van der Waals surface area contributed by atoms with Crippen LogP contribution < -0.4 is 33.0 Å². The van der Waals surface area contributed by atoms with Gasteiger partial charge in [-0.2, -0.15) is 0 Å². The molecule has 4 aromatic rings. The van der Waals surface area contributed by atoms with E-state index in [-0.39, 0.29) is 4.88 Å². The highest BCUT2D eigenvalue weighted by Crippen LogP contribution is 2.50. The van der Waals surface area contributed by atoms with Crippen LogP contribution in [0.4, 0.5) is 10.5 Å². The molecular weight excluding hydrogens is 566 g/mol. The van der Waals surface area contributed by atoms with Crippen LogP contribution in [0.15, 0.2) is 60.7 Å². The molecule has 11 heteroatoms. The van der Waals surface area contributed by atoms with Crippen LogP contribution in [0.2, 0.25) is 0 Å². The zero-order chi connectivity index (χ0) is 30.5. The minimum absolute atomic E-state index is 0.281. The van der Waals surface area contributed by atoms with Crippen molar-refractivity contribution in [2.24, 2.45) is 17.2 Å². The average Bonchev–Trinajstić information content (AvgIpc) is 3.39. The maximum absolute atomic E-state index is 14.2. The summed E-state index contributed by atoms with van der Waals surface area (Å²) in [5.74, 6) is 0.425. The highest BCUT2D eigenvalue weighted by atomic mass is 32.1. The number of amides is 2. The molecular formula is C32H33N5O5S. The molecule has 1 saturated carbocycles. The second-order valence-electron chi connectivity index (χ2n) is 11.1. The van der Waals surface area contributed by atoms with E-state index in [4.69, 9.17) is 32.4 Å². The van der Waals surface area contributed by atoms with Gasteiger partial charge in [0.1, 0.15) is 23.1 Å². The maximum Gasteiger partial charge on any atom is 0.404 e. The summed E-state index contributed by atoms with van der Waals surface area (Å²) >= 11 is 1.17. The van der Waals surface area contributed by atoms with Gasteiger partial charge in [0.25, 0.3) is 5.91 Å². The third-order valence-electron chi connectivity index (χ3n) is 8.41. The predicted octanol–water partition coefficient (Wildman–Crippen LogP) is 4.51. The quantitative estimate of drug-likeness (QED) is 0.200. The van der Waals surface area contributed by atoms with Gasteiger partial charge in [0.15, 0.2) is 5.78 Å². The molecule has 2 amide bonds. The number of primary amides is 1. The first-order chi connectivity index (χ1) is 20.6. The number of thiophene rings is 1. The van der Waals surface area contributed by atoms with E-state index in [2.05, 4.69) is 5.32 Å². The fraction of sp³-hybridized carbons (Fsp3) is 0.281. The molecule has 43 heavy (non-hydrogen) atoms. The van der Waals surface area contributed by atoms with E-state index in [0.29, 0.717) is 56.8 Å². The van der Waals surface area contributed by atoms with Gasteiger partial charge < -0.3 is 37.7 Å². The van der Waals surface area contributed by atoms with E-state index in [1.54, 1.807) is 24.3 Å². The Morgan fingerprint density at radius 2 is 1.72 bits per heavy atom. The van der Waals surface area contributed by atoms with Crippen LogP contribution in [-0.2, 0) is 15.1 Å². The van der Waals surface area contributed by atoms with Crippen molar-refractivity contribution in [3.63, 3.8) is 0 Å². The number of ketones is 1. The van der Waals surface area contributed by atoms with Crippen LogP contribution in [0.5, 0.6) is 11.5 Å². The first-order valence-corrected chi connectivity index (χ1v) is 15.0. The number of benzene rings is 3. The molecule has 4 atom stereocenters. The summed E-state index contributed by atoms with van der Waals surface area (Å²) in [5, 5.41) is 3.61. The largest absolute Gasteiger partial charge is 0.457 e. The first-order valence-electron chi connectivity index (χ1n) is 14.1. The van der Waals surface area contributed by atoms with Gasteiger partial charge in [0.2, 0.25) is 0 Å². The second-order valence-corrected chi connectivity index (χ2v) is 12.2. The molecule has 1 fully saturated rings. The minimum Gasteiger partial charge on any atom is -0.457 e. The van der Waals surface area contributed by atoms with Crippen LogP contribution >= 0.6 is 11.3 Å². The third-order valence-corrected chi connectivity index (χ3v) is 9.66. The lowest BCUT2D eigenvalue weighted by atomic mass is 9.69. The van der Waals surface area contributed by atoms with Gasteiger partial charge in [-0.1, -0.05) is 36.8 Å². The summed E-state index contributed by atoms with van der Waals surface area (Å²) in [4.78, 5) is 39.7. The third kappa shape index (κ3) is 4.89. The molecule has 1 aromatic heterocycles. The number of nitrogen functional groups attached to an aromatic ring is 1. The molecule has 0 aliphatic heterocycles. The van der Waals surface area contributed by atoms with Crippen molar-refractivity contribution >= 4 is 44.9 Å². The van der Waals surface area contributed by atoms with Gasteiger partial charge in [-0.15, -0.1) is 11.3 Å². The number of Topliss-reactive ketones (excluding diaryl/α,β-unsaturated/α-hetero) is 1. The van der Waals surface area contributed by atoms with Crippen LogP contribution in [0.1, 0.15) is 63.7 Å². The van der Waals surface area contributed by atoms with Gasteiger partial charge in [0.05, 0.1) is 21.7 Å². The fourth-order valence-corrected chi connectivity index (χ4v) is 7.58. The van der Waals surface area contributed by atoms with Gasteiger partial charge in [-0.3, -0.25) is 9.59 Å². The maximum atomic E-state index is 14.2. The summed E-state index contributed by atoms with van der Waals surface area (Å²) in [5.41, 5.74) is 26.5. The Bertz CT molecular complexity index is 1760. The molecule has 1 heterocycles. The van der Waals surface area contributed by atoms with Gasteiger partial charge in [0, 0.05) is 16.6 Å². The molecule has 2 aliphatic rings. The number of para-hydroxylation sites is 1. The molecule has 3 aromatic carbocycles. The van der Waals surface area contributed by atoms with Crippen LogP contribution in [0.3, 0.4) is 0 Å². The number of hydrogen-bond acceptors (Lipinski definition) is 9. The average molecular weight is 600 g/mol. The molecule has 0 radical (unpaired) electrons. The lowest BCUT2D eigenvalue weighted by Gasteiger charge is -2.37. The predicted molar refractivity (Wildman–Crippen MR) is 165 cm³/mol. The molecule has 0 saturated heterocycles. The number of nitrogens with two attached hydrogens (primary N) is 4. The molecule has 6 rings (SSSR count). The normalized spacial score (nSPS) is 23.1. The summed E-state index contributed by atoms with van der Waals surface area (Å²) < 4.78 is 11.9. The van der Waals surface area contributed by atoms with Crippen molar-refractivity contribution < 1.29 is 23.9 Å². The number of hydrogen-bond donors (Lipinski definition) is 5. The Balaban J connectivity index is 1.41. The first kappa shape index (κ1) is 28.7. The number of carbonyl (C=O) groups is 3. The molecule has 0 bridgehead atoms. The smallest absolute Gasteiger partial charge is 0.404 e. The Labute approximate surface area is 252 Å². The second kappa shape index (κ2) is 11.0. The van der Waals surface area contributed by atoms with Crippen molar-refractivity contribution in [1.29, 1.82) is 0 Å². The molecule has 9 N–H and O–H groups in total. The highest BCUT2D eigenvalue weighted by Gasteiger charge is 2.49. The SMILES string of the molecule is Cc1cc(Oc2ccccc2)ccc1C1(N)C(=O)C(N)c2c(C(=O)N[C@@H]3CCCC[C@H]3OC(N)=O)sc3c(N)ccc1c23. The van der Waals surface area contributed by atoms with E-state index in [1.165, 1.54) is 11.3 Å². The fourth-order valence-electron chi connectivity index (χ4n) is 6.38. The number of nitrogens with one attached hydrogen (secondary N) is 1. The summed E-state index contributed by atoms with van der Waals surface area (Å²) in [7, 11) is 0. The molecule has 0 spiro atoms. The number of rotatable bonds is 6. The van der Waals surface area contributed by atoms with Crippen molar-refractivity contribution in [3.05, 3.63) is 87.8 Å². The number of ether oxygens (including phenoxy) is 2. The summed E-state index contributed by atoms with van der Waals surface area (Å²) in [6.45, 7) is 1.87. The standard InChI is InChI=1S/C32H33N5O5S/c1-16-15-18(41-17-7-3-2-4-8-17)11-12-19(16)32(36)20-13-14-21(33)27-24(20)25(26(34)29(32)38)28(43-27)30(39)37-22-9-5-6-10-23(22)42-31(35)40/h2-4,7-8,11-15,22-23,26H,5-6,9-10,33-34,36H2,1H3,(H2,35,40)(H,37,39)/t22-,23-,26?,32?/m1/s1. The van der Waals surface area contributed by atoms with Gasteiger partial charge in [-0.05, 0) is 73.2 Å². The van der Waals surface area contributed by atoms with Crippen molar-refractivity contribution in [2.45, 2.75) is 56.3 Å². The Morgan fingerprint density at radius 1 is 1.00 bits per heavy atom. The molecule has 222 valence electrons. The van der Waals surface area contributed by atoms with E-state index < -0.39 is 41.5 Å². The monoisotopic (exact) mass is 599 g/mol. The van der Waals surface area contributed by atoms with E-state index in [9.17, 15) is 14.4 Å². The van der Waals surface area contributed by atoms with Crippen LogP contribution in [-0.4, -0.2) is 29.9 Å². The van der Waals surface area contributed by atoms with Crippen LogP contribution in [0.25, 0.3) is 10.1 Å². The highest BCUT2D eigenvalue weighted by molar-refractivity contribution is 7.21. The van der Waals surface area contributed by atoms with E-state index >= 15 is 0 Å². The van der Waals surface area contributed by atoms with Crippen molar-refractivity contribution in [3.8, 4) is 11.5 Å². The lowest BCUT2D eigenvalue weighted by Crippen LogP contribution is -2.53. The zero-order valence-electron chi connectivity index (χ0n) is 23.6. The van der Waals surface area contributed by atoms with Gasteiger partial charge in [-0.25, -0.2) is 4.79 Å². The topological polar surface area (TPSA) is 186 Å². The van der Waals surface area contributed by atoms with Crippen LogP contribution in [0, 0.1) is 6.92 Å².